The molecule has 2 rings (SSSR count). The summed E-state index contributed by atoms with van der Waals surface area (Å²) in [4.78, 5) is 13.7. The van der Waals surface area contributed by atoms with E-state index >= 15 is 0 Å². The van der Waals surface area contributed by atoms with E-state index in [-0.39, 0.29) is 12.0 Å². The van der Waals surface area contributed by atoms with Crippen LogP contribution in [0.3, 0.4) is 0 Å². The molecular formula is C12H21NO2. The molecule has 0 amide bonds. The largest absolute Gasteiger partial charge is 0.481 e. The number of hydrogen-bond acceptors (Lipinski definition) is 2. The van der Waals surface area contributed by atoms with Gasteiger partial charge in [0.2, 0.25) is 0 Å². The summed E-state index contributed by atoms with van der Waals surface area (Å²) in [6.45, 7) is 3.24. The average Bonchev–Trinajstić information content (AvgIpc) is 3.02. The highest BCUT2D eigenvalue weighted by Crippen LogP contribution is 2.35. The lowest BCUT2D eigenvalue weighted by Crippen LogP contribution is -2.43. The van der Waals surface area contributed by atoms with Crippen LogP contribution in [0.4, 0.5) is 0 Å². The molecule has 1 saturated heterocycles. The van der Waals surface area contributed by atoms with Crippen LogP contribution in [0.1, 0.15) is 45.4 Å². The molecule has 0 bridgehead atoms. The second-order valence-electron chi connectivity index (χ2n) is 4.89. The fraction of sp³-hybridized carbons (Fsp3) is 0.917. The van der Waals surface area contributed by atoms with Crippen molar-refractivity contribution in [3.8, 4) is 0 Å². The van der Waals surface area contributed by atoms with E-state index in [1.165, 1.54) is 19.3 Å². The average molecular weight is 211 g/mol. The van der Waals surface area contributed by atoms with Gasteiger partial charge >= 0.3 is 5.97 Å². The number of carboxylic acids is 1. The molecule has 0 aromatic rings. The highest BCUT2D eigenvalue weighted by atomic mass is 16.4. The summed E-state index contributed by atoms with van der Waals surface area (Å²) < 4.78 is 0. The third-order valence-electron chi connectivity index (χ3n) is 3.82. The maximum atomic E-state index is 11.2. The van der Waals surface area contributed by atoms with E-state index in [0.29, 0.717) is 6.04 Å². The molecule has 3 heteroatoms. The summed E-state index contributed by atoms with van der Waals surface area (Å²) in [7, 11) is 0. The molecule has 0 unspecified atom stereocenters. The maximum Gasteiger partial charge on any atom is 0.308 e. The minimum Gasteiger partial charge on any atom is -0.481 e. The SMILES string of the molecule is CC[C@@H]1[C@@H](C(=O)O)CCCCN1C1CC1. The molecular weight excluding hydrogens is 190 g/mol. The van der Waals surface area contributed by atoms with Gasteiger partial charge in [-0.25, -0.2) is 0 Å². The maximum absolute atomic E-state index is 11.2. The van der Waals surface area contributed by atoms with Crippen molar-refractivity contribution in [2.24, 2.45) is 5.92 Å². The molecule has 86 valence electrons. The highest BCUT2D eigenvalue weighted by Gasteiger charge is 2.39. The Bertz CT molecular complexity index is 238. The van der Waals surface area contributed by atoms with Crippen molar-refractivity contribution in [3.63, 3.8) is 0 Å². The lowest BCUT2D eigenvalue weighted by molar-refractivity contribution is -0.144. The molecule has 0 radical (unpaired) electrons. The lowest BCUT2D eigenvalue weighted by Gasteiger charge is -2.32. The first-order valence-electron chi connectivity index (χ1n) is 6.22. The van der Waals surface area contributed by atoms with Crippen LogP contribution in [0.2, 0.25) is 0 Å². The van der Waals surface area contributed by atoms with Crippen molar-refractivity contribution in [2.45, 2.75) is 57.5 Å². The Hall–Kier alpha value is -0.570. The third kappa shape index (κ3) is 2.33. The van der Waals surface area contributed by atoms with Gasteiger partial charge in [0.05, 0.1) is 5.92 Å². The first kappa shape index (κ1) is 10.9. The smallest absolute Gasteiger partial charge is 0.308 e. The summed E-state index contributed by atoms with van der Waals surface area (Å²) in [6.07, 6.45) is 6.67. The van der Waals surface area contributed by atoms with E-state index in [9.17, 15) is 9.90 Å². The Morgan fingerprint density at radius 3 is 2.60 bits per heavy atom. The molecule has 0 aromatic heterocycles. The van der Waals surface area contributed by atoms with Gasteiger partial charge in [0.15, 0.2) is 0 Å². The van der Waals surface area contributed by atoms with Crippen molar-refractivity contribution in [3.05, 3.63) is 0 Å². The molecule has 0 spiro atoms. The second-order valence-corrected chi connectivity index (χ2v) is 4.89. The molecule has 2 atom stereocenters. The quantitative estimate of drug-likeness (QED) is 0.777. The number of hydrogen-bond donors (Lipinski definition) is 1. The van der Waals surface area contributed by atoms with Gasteiger partial charge in [-0.15, -0.1) is 0 Å². The van der Waals surface area contributed by atoms with Crippen molar-refractivity contribution in [2.75, 3.05) is 6.54 Å². The standard InChI is InChI=1S/C12H21NO2/c1-2-11-10(12(14)15)5-3-4-8-13(11)9-6-7-9/h9-11H,2-8H2,1H3,(H,14,15)/t10-,11+/m0/s1. The zero-order valence-electron chi connectivity index (χ0n) is 9.48. The predicted octanol–water partition coefficient (Wildman–Crippen LogP) is 2.11. The number of rotatable bonds is 3. The zero-order valence-corrected chi connectivity index (χ0v) is 9.48. The molecule has 15 heavy (non-hydrogen) atoms. The molecule has 0 aromatic carbocycles. The Kier molecular flexibility index (Phi) is 3.29. The van der Waals surface area contributed by atoms with Gasteiger partial charge in [0, 0.05) is 12.1 Å². The Labute approximate surface area is 91.5 Å². The van der Waals surface area contributed by atoms with Gasteiger partial charge in [-0.3, -0.25) is 9.69 Å². The lowest BCUT2D eigenvalue weighted by atomic mass is 9.93. The van der Waals surface area contributed by atoms with Crippen molar-refractivity contribution in [1.29, 1.82) is 0 Å². The number of carbonyl (C=O) groups is 1. The van der Waals surface area contributed by atoms with Crippen molar-refractivity contribution >= 4 is 5.97 Å². The van der Waals surface area contributed by atoms with Gasteiger partial charge < -0.3 is 5.11 Å². The predicted molar refractivity (Wildman–Crippen MR) is 58.8 cm³/mol. The summed E-state index contributed by atoms with van der Waals surface area (Å²) in [5, 5.41) is 9.26. The van der Waals surface area contributed by atoms with Gasteiger partial charge in [0.1, 0.15) is 0 Å². The molecule has 1 aliphatic carbocycles. The minimum absolute atomic E-state index is 0.127. The minimum atomic E-state index is -0.589. The van der Waals surface area contributed by atoms with Crippen LogP contribution < -0.4 is 0 Å². The molecule has 1 N–H and O–H groups in total. The number of likely N-dealkylation sites (tertiary alicyclic amines) is 1. The first-order valence-corrected chi connectivity index (χ1v) is 6.22. The molecule has 1 heterocycles. The van der Waals surface area contributed by atoms with Gasteiger partial charge in [0.25, 0.3) is 0 Å². The highest BCUT2D eigenvalue weighted by molar-refractivity contribution is 5.71. The number of nitrogens with zero attached hydrogens (tertiary/aromatic N) is 1. The molecule has 2 aliphatic rings. The molecule has 1 saturated carbocycles. The fourth-order valence-electron chi connectivity index (χ4n) is 2.91. The summed E-state index contributed by atoms with van der Waals surface area (Å²) in [5.74, 6) is -0.715. The van der Waals surface area contributed by atoms with Crippen LogP contribution in [0.15, 0.2) is 0 Å². The second kappa shape index (κ2) is 4.52. The van der Waals surface area contributed by atoms with Crippen LogP contribution in [0.5, 0.6) is 0 Å². The van der Waals surface area contributed by atoms with E-state index in [2.05, 4.69) is 11.8 Å². The Morgan fingerprint density at radius 1 is 1.33 bits per heavy atom. The fourth-order valence-corrected chi connectivity index (χ4v) is 2.91. The normalized spacial score (nSPS) is 33.7. The Morgan fingerprint density at radius 2 is 2.07 bits per heavy atom. The van der Waals surface area contributed by atoms with Gasteiger partial charge in [-0.2, -0.15) is 0 Å². The summed E-state index contributed by atoms with van der Waals surface area (Å²) in [6, 6.07) is 0.993. The van der Waals surface area contributed by atoms with Gasteiger partial charge in [-0.1, -0.05) is 13.3 Å². The zero-order chi connectivity index (χ0) is 10.8. The van der Waals surface area contributed by atoms with Crippen LogP contribution in [-0.4, -0.2) is 34.6 Å². The topological polar surface area (TPSA) is 40.5 Å². The Balaban J connectivity index is 2.11. The third-order valence-corrected chi connectivity index (χ3v) is 3.82. The molecule has 1 aliphatic heterocycles. The van der Waals surface area contributed by atoms with Crippen molar-refractivity contribution < 1.29 is 9.90 Å². The van der Waals surface area contributed by atoms with Crippen LogP contribution in [0, 0.1) is 5.92 Å². The number of aliphatic carboxylic acids is 1. The molecule has 3 nitrogen and oxygen atoms in total. The summed E-state index contributed by atoms with van der Waals surface area (Å²) >= 11 is 0. The first-order chi connectivity index (χ1) is 7.24. The number of carboxylic acid groups (broad SMARTS) is 1. The molecule has 2 fully saturated rings. The van der Waals surface area contributed by atoms with Gasteiger partial charge in [-0.05, 0) is 38.6 Å². The van der Waals surface area contributed by atoms with E-state index in [1.54, 1.807) is 0 Å². The monoisotopic (exact) mass is 211 g/mol. The summed E-state index contributed by atoms with van der Waals surface area (Å²) in [5.41, 5.74) is 0. The van der Waals surface area contributed by atoms with E-state index in [4.69, 9.17) is 0 Å². The van der Waals surface area contributed by atoms with Crippen LogP contribution in [-0.2, 0) is 4.79 Å². The van der Waals surface area contributed by atoms with E-state index in [1.807, 2.05) is 0 Å². The van der Waals surface area contributed by atoms with Crippen LogP contribution >= 0.6 is 0 Å². The van der Waals surface area contributed by atoms with Crippen molar-refractivity contribution in [1.82, 2.24) is 4.90 Å². The van der Waals surface area contributed by atoms with Crippen LogP contribution in [0.25, 0.3) is 0 Å². The van der Waals surface area contributed by atoms with E-state index < -0.39 is 5.97 Å². The van der Waals surface area contributed by atoms with E-state index in [0.717, 1.165) is 25.8 Å².